The molecule has 3 aromatic carbocycles. The molecule has 0 radical (unpaired) electrons. The summed E-state index contributed by atoms with van der Waals surface area (Å²) in [6, 6.07) is 20.5. The summed E-state index contributed by atoms with van der Waals surface area (Å²) in [4.78, 5) is 100. The predicted molar refractivity (Wildman–Crippen MR) is 263 cm³/mol. The average molecular weight is 1110 g/mol. The number of benzene rings is 3. The highest BCUT2D eigenvalue weighted by atomic mass is 31.2. The first-order valence-corrected chi connectivity index (χ1v) is 26.2. The van der Waals surface area contributed by atoms with Crippen molar-refractivity contribution in [3.05, 3.63) is 137 Å². The Morgan fingerprint density at radius 2 is 1.48 bits per heavy atom. The minimum absolute atomic E-state index is 0.00151. The Kier molecular flexibility index (Phi) is 17.5. The van der Waals surface area contributed by atoms with Gasteiger partial charge < -0.3 is 60.6 Å². The molecule has 410 valence electrons. The molecule has 0 aliphatic carbocycles. The number of hydrogen-bond donors (Lipinski definition) is 8. The molecule has 0 saturated carbocycles. The molecule has 5 heterocycles. The van der Waals surface area contributed by atoms with Gasteiger partial charge in [0.2, 0.25) is 5.91 Å². The molecule has 2 aliphatic heterocycles. The van der Waals surface area contributed by atoms with E-state index in [9.17, 15) is 57.6 Å². The van der Waals surface area contributed by atoms with Crippen LogP contribution in [0.3, 0.4) is 0 Å². The van der Waals surface area contributed by atoms with Crippen LogP contribution in [-0.4, -0.2) is 140 Å². The van der Waals surface area contributed by atoms with Crippen LogP contribution >= 0.6 is 15.6 Å². The van der Waals surface area contributed by atoms with Crippen molar-refractivity contribution in [3.63, 3.8) is 0 Å². The van der Waals surface area contributed by atoms with Crippen LogP contribution in [0.1, 0.15) is 35.6 Å². The van der Waals surface area contributed by atoms with E-state index in [4.69, 9.17) is 39.5 Å². The second-order valence-electron chi connectivity index (χ2n) is 17.5. The van der Waals surface area contributed by atoms with Gasteiger partial charge in [0.15, 0.2) is 30.0 Å². The summed E-state index contributed by atoms with van der Waals surface area (Å²) in [5.74, 6) is -2.12. The fourth-order valence-corrected chi connectivity index (χ4v) is 9.63. The molecule has 10 atom stereocenters. The lowest BCUT2D eigenvalue weighted by Crippen LogP contribution is -2.47. The number of nitrogens with two attached hydrogens (primary N) is 2. The number of fused-ring (bicyclic) bond motifs is 1. The second-order valence-corrected chi connectivity index (χ2v) is 20.2. The number of rotatable bonds is 21. The number of imidazole rings is 1. The lowest BCUT2D eigenvalue weighted by atomic mass is 10.0. The maximum absolute atomic E-state index is 14.5. The van der Waals surface area contributed by atoms with Crippen molar-refractivity contribution in [2.45, 2.75) is 81.0 Å². The van der Waals surface area contributed by atoms with Crippen molar-refractivity contribution < 1.29 is 85.3 Å². The number of esters is 1. The molecule has 3 aromatic heterocycles. The van der Waals surface area contributed by atoms with Gasteiger partial charge in [0.05, 0.1) is 26.0 Å². The summed E-state index contributed by atoms with van der Waals surface area (Å²) in [6.07, 6.45) is -11.7. The molecule has 28 nitrogen and oxygen atoms in total. The molecule has 2 amide bonds. The predicted octanol–water partition coefficient (Wildman–Crippen LogP) is 1.88. The van der Waals surface area contributed by atoms with Crippen LogP contribution in [0.15, 0.2) is 109 Å². The molecule has 10 N–H and O–H groups in total. The number of ether oxygens (including phenoxy) is 4. The van der Waals surface area contributed by atoms with Gasteiger partial charge in [0.1, 0.15) is 66.6 Å². The fraction of sp³-hybridized carbons (Fsp3) is 0.348. The molecule has 2 saturated heterocycles. The summed E-state index contributed by atoms with van der Waals surface area (Å²) in [7, 11) is -9.43. The van der Waals surface area contributed by atoms with Crippen molar-refractivity contribution in [3.8, 4) is 0 Å². The molecule has 0 spiro atoms. The van der Waals surface area contributed by atoms with Crippen LogP contribution in [0.2, 0.25) is 0 Å². The minimum atomic E-state index is -5.50. The van der Waals surface area contributed by atoms with Gasteiger partial charge in [-0.05, 0) is 59.9 Å². The van der Waals surface area contributed by atoms with E-state index < -0.39 is 108 Å². The number of hydrogen-bond acceptors (Lipinski definition) is 21. The fourth-order valence-electron chi connectivity index (χ4n) is 8.32. The van der Waals surface area contributed by atoms with E-state index in [-0.39, 0.29) is 54.6 Å². The number of aliphatic hydroxyl groups is 2. The van der Waals surface area contributed by atoms with Gasteiger partial charge in [-0.1, -0.05) is 54.6 Å². The number of aromatic nitrogens is 6. The Morgan fingerprint density at radius 1 is 0.831 bits per heavy atom. The smallest absolute Gasteiger partial charge is 0.455 e. The number of nitrogen functional groups attached to an aromatic ring is 2. The summed E-state index contributed by atoms with van der Waals surface area (Å²) in [6.45, 7) is -2.35. The van der Waals surface area contributed by atoms with Crippen LogP contribution < -0.4 is 22.5 Å². The van der Waals surface area contributed by atoms with Gasteiger partial charge in [0, 0.05) is 18.9 Å². The molecule has 8 rings (SSSR count). The Morgan fingerprint density at radius 3 is 2.17 bits per heavy atom. The highest BCUT2D eigenvalue weighted by molar-refractivity contribution is 7.47. The van der Waals surface area contributed by atoms with Gasteiger partial charge >= 0.3 is 33.4 Å². The van der Waals surface area contributed by atoms with Crippen LogP contribution in [0.4, 0.5) is 26.5 Å². The van der Waals surface area contributed by atoms with Gasteiger partial charge in [-0.2, -0.15) is 4.98 Å². The zero-order valence-corrected chi connectivity index (χ0v) is 42.1. The first-order chi connectivity index (χ1) is 36.6. The Bertz CT molecular complexity index is 3210. The lowest BCUT2D eigenvalue weighted by molar-refractivity contribution is -0.162. The number of likely N-dealkylation sites (N-methyl/N-ethyl adjacent to an activating group) is 1. The number of nitrogens with one attached hydrogen (secondary N) is 1. The number of nitrogens with zero attached hydrogens (tertiary/aromatic N) is 7. The number of amides is 2. The normalized spacial score (nSPS) is 22.5. The zero-order valence-electron chi connectivity index (χ0n) is 40.4. The number of aliphatic hydroxyl groups excluding tert-OH is 2. The topological polar surface area (TPSA) is 397 Å². The molecular formula is C46H51FN10O18P2. The van der Waals surface area contributed by atoms with Crippen molar-refractivity contribution in [1.29, 1.82) is 0 Å². The van der Waals surface area contributed by atoms with E-state index in [0.717, 1.165) is 33.6 Å². The Labute approximate surface area is 435 Å². The van der Waals surface area contributed by atoms with Gasteiger partial charge in [-0.3, -0.25) is 32.4 Å². The van der Waals surface area contributed by atoms with Crippen LogP contribution in [-0.2, 0) is 70.7 Å². The molecular weight excluding hydrogens is 1060 g/mol. The highest BCUT2D eigenvalue weighted by Gasteiger charge is 2.52. The Hall–Kier alpha value is -7.11. The quantitative estimate of drug-likeness (QED) is 0.0377. The van der Waals surface area contributed by atoms with E-state index in [1.165, 1.54) is 42.2 Å². The number of halogens is 1. The van der Waals surface area contributed by atoms with Crippen LogP contribution in [0.5, 0.6) is 0 Å². The SMILES string of the molecule is CN(C(=O)OCc1ccc(NC(=O)Cc2ccc(F)cc2)cc1)[C@@H](CCc1ccccc1)C(=O)OC1C(O)[C@H](n2cnc3c(N)ncnc32)O[C@@H]1COP(=O)(O)O[C@H]1[C@@H](O)[C@H](n2ccc(N)nc2=O)O[C@@H]1COP(=O)(O)O. The molecule has 2 fully saturated rings. The van der Waals surface area contributed by atoms with E-state index in [0.29, 0.717) is 16.8 Å². The zero-order chi connectivity index (χ0) is 55.2. The molecule has 3 unspecified atom stereocenters. The number of carbonyl (C=O) groups is 3. The van der Waals surface area contributed by atoms with E-state index in [2.05, 4.69) is 29.8 Å². The lowest BCUT2D eigenvalue weighted by Gasteiger charge is -2.29. The summed E-state index contributed by atoms with van der Waals surface area (Å²) >= 11 is 0. The van der Waals surface area contributed by atoms with Crippen LogP contribution in [0.25, 0.3) is 11.2 Å². The molecule has 6 aromatic rings. The van der Waals surface area contributed by atoms with Gasteiger partial charge in [-0.15, -0.1) is 0 Å². The molecule has 2 aliphatic rings. The third kappa shape index (κ3) is 14.1. The molecule has 77 heavy (non-hydrogen) atoms. The van der Waals surface area contributed by atoms with E-state index >= 15 is 0 Å². The average Bonchev–Trinajstić information content (AvgIpc) is 4.05. The Balaban J connectivity index is 0.992. The summed E-state index contributed by atoms with van der Waals surface area (Å²) in [5.41, 5.74) is 13.0. The summed E-state index contributed by atoms with van der Waals surface area (Å²) < 4.78 is 79.2. The van der Waals surface area contributed by atoms with E-state index in [1.807, 2.05) is 0 Å². The van der Waals surface area contributed by atoms with Crippen molar-refractivity contribution >= 4 is 62.1 Å². The van der Waals surface area contributed by atoms with Gasteiger partial charge in [0.25, 0.3) is 0 Å². The number of phosphoric ester groups is 2. The minimum Gasteiger partial charge on any atom is -0.455 e. The second kappa shape index (κ2) is 24.1. The first-order valence-electron chi connectivity index (χ1n) is 23.2. The first kappa shape index (κ1) is 56.1. The van der Waals surface area contributed by atoms with E-state index in [1.54, 1.807) is 54.6 Å². The standard InChI is InChI=1S/C46H51FN10O18P2/c1-55(46(63)69-20-27-9-14-29(15-10-27)53-34(58)19-26-7-12-28(47)13-8-26)30(16-11-25-5-3-2-4-6-25)44(61)74-38-31(72-43(36(38)59)57-24-52-35-40(49)50-23-51-41(35)57)22-71-77(67,68)75-39-32(21-70-76(64,65)66)73-42(37(39)60)56-18-17-33(48)54-45(56)62/h2-10,12-15,17-18,23-24,30-32,36-39,42-43,59-60H,11,16,19-22H2,1H3,(H,53,58)(H,67,68)(H2,48,54,62)(H2,49,50,51)(H2,64,65,66)/t30-,31+,32+,36?,37+,38?,39+,42+,43+/m0/s1. The number of aryl methyl sites for hydroxylation is 1. The van der Waals surface area contributed by atoms with Crippen molar-refractivity contribution in [2.24, 2.45) is 0 Å². The number of phosphoric acid groups is 2. The molecule has 31 heteroatoms. The number of carbonyl (C=O) groups excluding carboxylic acids is 3. The number of anilines is 3. The van der Waals surface area contributed by atoms with Crippen LogP contribution in [0, 0.1) is 5.82 Å². The highest BCUT2D eigenvalue weighted by Crippen LogP contribution is 2.50. The largest absolute Gasteiger partial charge is 0.472 e. The van der Waals surface area contributed by atoms with Crippen molar-refractivity contribution in [1.82, 2.24) is 34.0 Å². The maximum atomic E-state index is 14.5. The third-order valence-corrected chi connectivity index (χ3v) is 13.6. The molecule has 0 bridgehead atoms. The van der Waals surface area contributed by atoms with Crippen molar-refractivity contribution in [2.75, 3.05) is 37.0 Å². The maximum Gasteiger partial charge on any atom is 0.472 e. The van der Waals surface area contributed by atoms with Gasteiger partial charge in [-0.25, -0.2) is 42.9 Å². The summed E-state index contributed by atoms with van der Waals surface area (Å²) in [5, 5.41) is 26.0. The monoisotopic (exact) mass is 1110 g/mol. The third-order valence-electron chi connectivity index (χ3n) is 12.2.